The van der Waals surface area contributed by atoms with Crippen molar-refractivity contribution in [3.05, 3.63) is 69.3 Å². The minimum Gasteiger partial charge on any atom is -0.482 e. The van der Waals surface area contributed by atoms with E-state index in [1.165, 1.54) is 27.3 Å². The van der Waals surface area contributed by atoms with Crippen LogP contribution in [0.2, 0.25) is 0 Å². The quantitative estimate of drug-likeness (QED) is 0.362. The molecule has 0 unspecified atom stereocenters. The number of ether oxygens (including phenoxy) is 2. The minimum atomic E-state index is -0.397. The molecule has 0 spiro atoms. The summed E-state index contributed by atoms with van der Waals surface area (Å²) in [5.74, 6) is 0.607. The molecule has 29 heavy (non-hydrogen) atoms. The number of nitrogens with zero attached hydrogens (tertiary/aromatic N) is 3. The number of carbonyl (C=O) groups excluding carboxylic acids is 1. The standard InChI is InChI=1S/C20H20BrN3O4S/c1-3-27-19(25)11-28-18-9-8-17(10-14(18)2)29-13-24-20(26)23(12-22-24)16-6-4-15(21)5-7-16/h4-10,12H,3,11,13H2,1-2H3. The van der Waals surface area contributed by atoms with Crippen LogP contribution >= 0.6 is 27.7 Å². The minimum absolute atomic E-state index is 0.121. The number of thioether (sulfide) groups is 1. The highest BCUT2D eigenvalue weighted by Crippen LogP contribution is 2.26. The van der Waals surface area contributed by atoms with Crippen molar-refractivity contribution in [3.8, 4) is 11.4 Å². The van der Waals surface area contributed by atoms with Crippen LogP contribution in [0.4, 0.5) is 0 Å². The number of esters is 1. The summed E-state index contributed by atoms with van der Waals surface area (Å²) < 4.78 is 14.2. The molecule has 3 rings (SSSR count). The van der Waals surface area contributed by atoms with Gasteiger partial charge in [-0.1, -0.05) is 15.9 Å². The van der Waals surface area contributed by atoms with Gasteiger partial charge in [0.2, 0.25) is 0 Å². The third-order valence-corrected chi connectivity index (χ3v) is 5.48. The molecule has 0 N–H and O–H groups in total. The van der Waals surface area contributed by atoms with Gasteiger partial charge in [-0.25, -0.2) is 18.8 Å². The highest BCUT2D eigenvalue weighted by Gasteiger charge is 2.09. The van der Waals surface area contributed by atoms with Crippen molar-refractivity contribution < 1.29 is 14.3 Å². The Morgan fingerprint density at radius 2 is 1.97 bits per heavy atom. The van der Waals surface area contributed by atoms with Crippen LogP contribution in [0.5, 0.6) is 5.75 Å². The first-order valence-electron chi connectivity index (χ1n) is 8.90. The summed E-state index contributed by atoms with van der Waals surface area (Å²) in [6.07, 6.45) is 1.52. The summed E-state index contributed by atoms with van der Waals surface area (Å²) >= 11 is 4.87. The second kappa shape index (κ2) is 9.80. The number of rotatable bonds is 8. The molecule has 1 heterocycles. The topological polar surface area (TPSA) is 75.3 Å². The Balaban J connectivity index is 1.63. The van der Waals surface area contributed by atoms with Crippen LogP contribution in [0.1, 0.15) is 12.5 Å². The molecule has 0 radical (unpaired) electrons. The Kier molecular flexibility index (Phi) is 7.16. The van der Waals surface area contributed by atoms with Crippen molar-refractivity contribution in [2.75, 3.05) is 13.2 Å². The summed E-state index contributed by atoms with van der Waals surface area (Å²) in [6, 6.07) is 13.1. The van der Waals surface area contributed by atoms with Crippen molar-refractivity contribution in [2.45, 2.75) is 24.6 Å². The molecule has 152 valence electrons. The third kappa shape index (κ3) is 5.51. The number of carbonyl (C=O) groups is 1. The Morgan fingerprint density at radius 3 is 2.66 bits per heavy atom. The van der Waals surface area contributed by atoms with E-state index in [1.54, 1.807) is 13.0 Å². The van der Waals surface area contributed by atoms with Crippen LogP contribution < -0.4 is 10.4 Å². The zero-order chi connectivity index (χ0) is 20.8. The van der Waals surface area contributed by atoms with Crippen LogP contribution in [0.3, 0.4) is 0 Å². The molecular weight excluding hydrogens is 458 g/mol. The van der Waals surface area contributed by atoms with E-state index in [0.717, 1.165) is 20.6 Å². The van der Waals surface area contributed by atoms with Gasteiger partial charge < -0.3 is 9.47 Å². The first-order chi connectivity index (χ1) is 14.0. The van der Waals surface area contributed by atoms with Crippen LogP contribution in [0, 0.1) is 6.92 Å². The highest BCUT2D eigenvalue weighted by atomic mass is 79.9. The lowest BCUT2D eigenvalue weighted by Crippen LogP contribution is -2.23. The van der Waals surface area contributed by atoms with E-state index in [4.69, 9.17) is 9.47 Å². The molecule has 0 aliphatic carbocycles. The molecule has 0 atom stereocenters. The van der Waals surface area contributed by atoms with Gasteiger partial charge in [0.05, 0.1) is 18.2 Å². The van der Waals surface area contributed by atoms with Gasteiger partial charge in [0, 0.05) is 9.37 Å². The van der Waals surface area contributed by atoms with Crippen molar-refractivity contribution in [1.82, 2.24) is 14.3 Å². The van der Waals surface area contributed by atoms with Crippen LogP contribution in [-0.2, 0) is 15.4 Å². The number of aryl methyl sites for hydroxylation is 1. The highest BCUT2D eigenvalue weighted by molar-refractivity contribution is 9.10. The number of halogens is 1. The zero-order valence-electron chi connectivity index (χ0n) is 16.0. The summed E-state index contributed by atoms with van der Waals surface area (Å²) in [5.41, 5.74) is 1.45. The number of hydrogen-bond donors (Lipinski definition) is 0. The maximum absolute atomic E-state index is 12.6. The molecule has 9 heteroatoms. The number of hydrogen-bond acceptors (Lipinski definition) is 6. The Bertz CT molecular complexity index is 1050. The fourth-order valence-electron chi connectivity index (χ4n) is 2.55. The lowest BCUT2D eigenvalue weighted by molar-refractivity contribution is -0.145. The molecule has 1 aromatic heterocycles. The lowest BCUT2D eigenvalue weighted by Gasteiger charge is -2.10. The molecule has 3 aromatic rings. The second-order valence-electron chi connectivity index (χ2n) is 6.05. The number of aromatic nitrogens is 3. The average Bonchev–Trinajstić information content (AvgIpc) is 3.07. The Labute approximate surface area is 180 Å². The predicted octanol–water partition coefficient (Wildman–Crippen LogP) is 3.80. The maximum atomic E-state index is 12.6. The Hall–Kier alpha value is -2.52. The smallest absolute Gasteiger partial charge is 0.351 e. The SMILES string of the molecule is CCOC(=O)COc1ccc(SCn2ncn(-c3ccc(Br)cc3)c2=O)cc1C. The van der Waals surface area contributed by atoms with Gasteiger partial charge in [0.1, 0.15) is 12.1 Å². The monoisotopic (exact) mass is 477 g/mol. The Morgan fingerprint density at radius 1 is 1.21 bits per heavy atom. The average molecular weight is 478 g/mol. The van der Waals surface area contributed by atoms with Crippen LogP contribution in [0.15, 0.2) is 63.0 Å². The second-order valence-corrected chi connectivity index (χ2v) is 7.99. The molecule has 7 nitrogen and oxygen atoms in total. The van der Waals surface area contributed by atoms with Crippen LogP contribution in [0.25, 0.3) is 5.69 Å². The summed E-state index contributed by atoms with van der Waals surface area (Å²) in [7, 11) is 0. The zero-order valence-corrected chi connectivity index (χ0v) is 18.4. The fourth-order valence-corrected chi connectivity index (χ4v) is 3.69. The predicted molar refractivity (Wildman–Crippen MR) is 115 cm³/mol. The molecule has 0 fully saturated rings. The maximum Gasteiger partial charge on any atom is 0.351 e. The summed E-state index contributed by atoms with van der Waals surface area (Å²) in [5, 5.41) is 4.19. The van der Waals surface area contributed by atoms with Crippen LogP contribution in [-0.4, -0.2) is 33.5 Å². The van der Waals surface area contributed by atoms with Crippen molar-refractivity contribution in [1.29, 1.82) is 0 Å². The molecule has 0 saturated carbocycles. The van der Waals surface area contributed by atoms with Crippen molar-refractivity contribution >= 4 is 33.7 Å². The van der Waals surface area contributed by atoms with Crippen molar-refractivity contribution in [3.63, 3.8) is 0 Å². The first-order valence-corrected chi connectivity index (χ1v) is 10.7. The van der Waals surface area contributed by atoms with Gasteiger partial charge in [-0.3, -0.25) is 0 Å². The van der Waals surface area contributed by atoms with Crippen molar-refractivity contribution in [2.24, 2.45) is 0 Å². The number of benzene rings is 2. The van der Waals surface area contributed by atoms with Gasteiger partial charge in [0.25, 0.3) is 0 Å². The van der Waals surface area contributed by atoms with E-state index in [-0.39, 0.29) is 12.3 Å². The lowest BCUT2D eigenvalue weighted by atomic mass is 10.2. The molecule has 2 aromatic carbocycles. The molecule has 0 amide bonds. The van der Waals surface area contributed by atoms with Gasteiger partial charge in [-0.05, 0) is 61.9 Å². The molecule has 0 bridgehead atoms. The largest absolute Gasteiger partial charge is 0.482 e. The fraction of sp³-hybridized carbons (Fsp3) is 0.250. The summed E-state index contributed by atoms with van der Waals surface area (Å²) in [4.78, 5) is 25.0. The molecule has 0 aliphatic rings. The first kappa shape index (κ1) is 21.2. The molecular formula is C20H20BrN3O4S. The van der Waals surface area contributed by atoms with E-state index in [9.17, 15) is 9.59 Å². The third-order valence-electron chi connectivity index (χ3n) is 3.99. The van der Waals surface area contributed by atoms with E-state index < -0.39 is 5.97 Å². The van der Waals surface area contributed by atoms with E-state index in [2.05, 4.69) is 21.0 Å². The summed E-state index contributed by atoms with van der Waals surface area (Å²) in [6.45, 7) is 3.86. The van der Waals surface area contributed by atoms with Gasteiger partial charge in [-0.2, -0.15) is 5.10 Å². The molecule has 0 aliphatic heterocycles. The van der Waals surface area contributed by atoms with Gasteiger partial charge in [-0.15, -0.1) is 11.8 Å². The van der Waals surface area contributed by atoms with Gasteiger partial charge >= 0.3 is 11.7 Å². The van der Waals surface area contributed by atoms with E-state index >= 15 is 0 Å². The van der Waals surface area contributed by atoms with E-state index in [1.807, 2.05) is 43.3 Å². The van der Waals surface area contributed by atoms with E-state index in [0.29, 0.717) is 18.2 Å². The normalized spacial score (nSPS) is 10.7. The molecule has 0 saturated heterocycles. The van der Waals surface area contributed by atoms with Gasteiger partial charge in [0.15, 0.2) is 6.61 Å².